The van der Waals surface area contributed by atoms with E-state index in [-0.39, 0.29) is 11.8 Å². The lowest BCUT2D eigenvalue weighted by Crippen LogP contribution is -2.48. The van der Waals surface area contributed by atoms with Gasteiger partial charge in [0.25, 0.3) is 0 Å². The molecule has 2 N–H and O–H groups in total. The summed E-state index contributed by atoms with van der Waals surface area (Å²) in [5, 5.41) is 6.17. The molecule has 1 heterocycles. The van der Waals surface area contributed by atoms with Crippen molar-refractivity contribution in [3.05, 3.63) is 0 Å². The van der Waals surface area contributed by atoms with Gasteiger partial charge in [0.2, 0.25) is 11.8 Å². The van der Waals surface area contributed by atoms with Crippen LogP contribution in [0.15, 0.2) is 0 Å². The molecule has 21 heavy (non-hydrogen) atoms. The largest absolute Gasteiger partial charge is 0.381 e. The van der Waals surface area contributed by atoms with Gasteiger partial charge in [-0.3, -0.25) is 9.59 Å². The highest BCUT2D eigenvalue weighted by molar-refractivity contribution is 5.89. The predicted molar refractivity (Wildman–Crippen MR) is 78.5 cm³/mol. The van der Waals surface area contributed by atoms with E-state index in [1.807, 2.05) is 0 Å². The van der Waals surface area contributed by atoms with Crippen molar-refractivity contribution in [2.24, 2.45) is 17.3 Å². The number of nitrogens with one attached hydrogen (secondary N) is 2. The highest BCUT2D eigenvalue weighted by Crippen LogP contribution is 2.38. The van der Waals surface area contributed by atoms with E-state index in [9.17, 15) is 9.59 Å². The molecule has 5 heteroatoms. The topological polar surface area (TPSA) is 67.4 Å². The van der Waals surface area contributed by atoms with Gasteiger partial charge in [-0.05, 0) is 37.5 Å². The molecule has 0 aromatic carbocycles. The van der Waals surface area contributed by atoms with Crippen molar-refractivity contribution >= 4 is 11.8 Å². The van der Waals surface area contributed by atoms with Crippen molar-refractivity contribution in [2.75, 3.05) is 13.2 Å². The van der Waals surface area contributed by atoms with Crippen LogP contribution in [0.5, 0.6) is 0 Å². The normalized spacial score (nSPS) is 36.7. The van der Waals surface area contributed by atoms with Crippen LogP contribution in [0.2, 0.25) is 0 Å². The summed E-state index contributed by atoms with van der Waals surface area (Å²) >= 11 is 0. The van der Waals surface area contributed by atoms with Crippen LogP contribution in [0.25, 0.3) is 0 Å². The number of hydrogen-bond donors (Lipinski definition) is 2. The van der Waals surface area contributed by atoms with Gasteiger partial charge in [0.05, 0.1) is 5.41 Å². The fraction of sp³-hybridized carbons (Fsp3) is 0.875. The highest BCUT2D eigenvalue weighted by Gasteiger charge is 2.46. The van der Waals surface area contributed by atoms with Gasteiger partial charge in [-0.1, -0.05) is 13.8 Å². The van der Waals surface area contributed by atoms with Crippen molar-refractivity contribution in [2.45, 2.75) is 58.0 Å². The van der Waals surface area contributed by atoms with Gasteiger partial charge >= 0.3 is 0 Å². The lowest BCUT2D eigenvalue weighted by molar-refractivity contribution is -0.142. The smallest absolute Gasteiger partial charge is 0.227 e. The molecule has 3 aliphatic rings. The molecule has 0 spiro atoms. The summed E-state index contributed by atoms with van der Waals surface area (Å²) in [6.07, 6.45) is 3.71. The first-order chi connectivity index (χ1) is 10.00. The van der Waals surface area contributed by atoms with Gasteiger partial charge in [-0.15, -0.1) is 0 Å². The zero-order valence-electron chi connectivity index (χ0n) is 13.0. The Hall–Kier alpha value is -1.10. The zero-order chi connectivity index (χ0) is 15.0. The number of amides is 2. The lowest BCUT2D eigenvalue weighted by Gasteiger charge is -2.35. The van der Waals surface area contributed by atoms with Crippen LogP contribution in [0.1, 0.15) is 46.0 Å². The van der Waals surface area contributed by atoms with Crippen LogP contribution in [0.4, 0.5) is 0 Å². The Morgan fingerprint density at radius 3 is 2.10 bits per heavy atom. The summed E-state index contributed by atoms with van der Waals surface area (Å²) in [6, 6.07) is 0.629. The fourth-order valence-electron chi connectivity index (χ4n) is 3.18. The first kappa shape index (κ1) is 14.8. The molecule has 1 saturated heterocycles. The lowest BCUT2D eigenvalue weighted by atomic mass is 9.76. The Kier molecular flexibility index (Phi) is 3.95. The van der Waals surface area contributed by atoms with Crippen molar-refractivity contribution < 1.29 is 14.3 Å². The molecule has 2 saturated carbocycles. The van der Waals surface area contributed by atoms with Crippen LogP contribution in [-0.4, -0.2) is 37.1 Å². The fourth-order valence-corrected chi connectivity index (χ4v) is 3.18. The van der Waals surface area contributed by atoms with Crippen molar-refractivity contribution in [1.29, 1.82) is 0 Å². The number of hydrogen-bond acceptors (Lipinski definition) is 3. The van der Waals surface area contributed by atoms with Gasteiger partial charge in [-0.25, -0.2) is 0 Å². The van der Waals surface area contributed by atoms with Crippen LogP contribution in [0, 0.1) is 17.3 Å². The summed E-state index contributed by atoms with van der Waals surface area (Å²) in [7, 11) is 0. The standard InChI is InChI=1S/C16H26N2O3/c1-10-7-12(10)17-14(19)9-16(3-5-21-6-4-16)15(20)18-13-8-11(13)2/h10-13H,3-9H2,1-2H3,(H,17,19)(H,18,20). The summed E-state index contributed by atoms with van der Waals surface area (Å²) in [4.78, 5) is 24.9. The minimum atomic E-state index is -0.567. The molecule has 2 amide bonds. The summed E-state index contributed by atoms with van der Waals surface area (Å²) in [5.41, 5.74) is -0.567. The SMILES string of the molecule is CC1CC1NC(=O)CC1(C(=O)NC2CC2C)CCOCC1. The minimum absolute atomic E-state index is 0.0187. The second-order valence-corrected chi connectivity index (χ2v) is 7.25. The molecule has 0 radical (unpaired) electrons. The van der Waals surface area contributed by atoms with Gasteiger partial charge in [0.1, 0.15) is 0 Å². The van der Waals surface area contributed by atoms with E-state index in [1.54, 1.807) is 0 Å². The number of ether oxygens (including phenoxy) is 1. The van der Waals surface area contributed by atoms with Crippen LogP contribution >= 0.6 is 0 Å². The van der Waals surface area contributed by atoms with Gasteiger partial charge in [0, 0.05) is 31.7 Å². The molecule has 118 valence electrons. The van der Waals surface area contributed by atoms with E-state index in [0.717, 1.165) is 12.8 Å². The minimum Gasteiger partial charge on any atom is -0.381 e. The Bertz CT molecular complexity index is 431. The van der Waals surface area contributed by atoms with Gasteiger partial charge < -0.3 is 15.4 Å². The second-order valence-electron chi connectivity index (χ2n) is 7.25. The number of rotatable bonds is 5. The van der Waals surface area contributed by atoms with E-state index in [0.29, 0.717) is 56.4 Å². The summed E-state index contributed by atoms with van der Waals surface area (Å²) in [6.45, 7) is 5.42. The maximum Gasteiger partial charge on any atom is 0.227 e. The first-order valence-electron chi connectivity index (χ1n) is 8.18. The summed E-state index contributed by atoms with van der Waals surface area (Å²) in [5.74, 6) is 1.23. The molecule has 3 rings (SSSR count). The molecule has 0 aromatic heterocycles. The molecule has 0 aromatic rings. The molecule has 5 nitrogen and oxygen atoms in total. The Morgan fingerprint density at radius 2 is 1.57 bits per heavy atom. The number of carbonyl (C=O) groups excluding carboxylic acids is 2. The van der Waals surface area contributed by atoms with Crippen molar-refractivity contribution in [3.8, 4) is 0 Å². The highest BCUT2D eigenvalue weighted by atomic mass is 16.5. The molecule has 2 aliphatic carbocycles. The van der Waals surface area contributed by atoms with E-state index in [2.05, 4.69) is 24.5 Å². The van der Waals surface area contributed by atoms with Crippen molar-refractivity contribution in [3.63, 3.8) is 0 Å². The molecule has 1 aliphatic heterocycles. The number of carbonyl (C=O) groups is 2. The molecular weight excluding hydrogens is 268 g/mol. The maximum atomic E-state index is 12.7. The average Bonchev–Trinajstić information content (AvgIpc) is 3.32. The van der Waals surface area contributed by atoms with E-state index >= 15 is 0 Å². The van der Waals surface area contributed by atoms with Crippen LogP contribution in [0.3, 0.4) is 0 Å². The third-order valence-electron chi connectivity index (χ3n) is 5.31. The van der Waals surface area contributed by atoms with Crippen molar-refractivity contribution in [1.82, 2.24) is 10.6 Å². The molecule has 4 atom stereocenters. The third kappa shape index (κ3) is 3.39. The Balaban J connectivity index is 1.61. The predicted octanol–water partition coefficient (Wildman–Crippen LogP) is 1.22. The third-order valence-corrected chi connectivity index (χ3v) is 5.31. The van der Waals surface area contributed by atoms with Crippen LogP contribution in [-0.2, 0) is 14.3 Å². The van der Waals surface area contributed by atoms with E-state index in [1.165, 1.54) is 0 Å². The quantitative estimate of drug-likeness (QED) is 0.801. The second kappa shape index (κ2) is 5.59. The average molecular weight is 294 g/mol. The summed E-state index contributed by atoms with van der Waals surface area (Å²) < 4.78 is 5.40. The zero-order valence-corrected chi connectivity index (χ0v) is 13.0. The maximum absolute atomic E-state index is 12.7. The molecule has 0 bridgehead atoms. The Labute approximate surface area is 126 Å². The van der Waals surface area contributed by atoms with Gasteiger partial charge in [0.15, 0.2) is 0 Å². The molecular formula is C16H26N2O3. The van der Waals surface area contributed by atoms with E-state index < -0.39 is 5.41 Å². The van der Waals surface area contributed by atoms with E-state index in [4.69, 9.17) is 4.74 Å². The molecule has 4 unspecified atom stereocenters. The monoisotopic (exact) mass is 294 g/mol. The van der Waals surface area contributed by atoms with Gasteiger partial charge in [-0.2, -0.15) is 0 Å². The molecule has 3 fully saturated rings. The Morgan fingerprint density at radius 1 is 1.05 bits per heavy atom. The van der Waals surface area contributed by atoms with Crippen LogP contribution < -0.4 is 10.6 Å². The first-order valence-corrected chi connectivity index (χ1v) is 8.18.